The number of nitrogens with zero attached hydrogens (tertiary/aromatic N) is 5. The van der Waals surface area contributed by atoms with Crippen molar-refractivity contribution in [2.75, 3.05) is 0 Å². The second-order valence-corrected chi connectivity index (χ2v) is 8.33. The fraction of sp³-hybridized carbons (Fsp3) is 0. The molecule has 0 saturated heterocycles. The summed E-state index contributed by atoms with van der Waals surface area (Å²) in [5, 5.41) is 36.8. The molecular weight excluding hydrogens is 570 g/mol. The molecule has 0 bridgehead atoms. The van der Waals surface area contributed by atoms with Gasteiger partial charge in [-0.25, -0.2) is 39.1 Å². The highest BCUT2D eigenvalue weighted by Crippen LogP contribution is 2.13. The van der Waals surface area contributed by atoms with Crippen LogP contribution in [0.1, 0.15) is 42.0 Å². The van der Waals surface area contributed by atoms with Gasteiger partial charge in [-0.15, -0.1) is 0 Å². The summed E-state index contributed by atoms with van der Waals surface area (Å²) >= 11 is 0. The molecule has 6 rings (SSSR count). The Hall–Kier alpha value is -6.63. The predicted molar refractivity (Wildman–Crippen MR) is 158 cm³/mol. The van der Waals surface area contributed by atoms with E-state index in [2.05, 4.69) is 24.9 Å². The van der Waals surface area contributed by atoms with Crippen LogP contribution in [0, 0.1) is 0 Å². The minimum Gasteiger partial charge on any atom is -0.477 e. The van der Waals surface area contributed by atoms with Crippen LogP contribution in [0.15, 0.2) is 116 Å². The first-order chi connectivity index (χ1) is 21.2. The van der Waals surface area contributed by atoms with Crippen LogP contribution in [-0.2, 0) is 0 Å². The molecule has 0 fully saturated rings. The van der Waals surface area contributed by atoms with Crippen LogP contribution in [0.25, 0.3) is 21.7 Å². The minimum atomic E-state index is -1.05. The third kappa shape index (κ3) is 9.78. The van der Waals surface area contributed by atoms with E-state index in [1.54, 1.807) is 36.5 Å². The van der Waals surface area contributed by atoms with Gasteiger partial charge in [0, 0.05) is 35.6 Å². The van der Waals surface area contributed by atoms with Crippen molar-refractivity contribution in [3.05, 3.63) is 139 Å². The first-order valence-electron chi connectivity index (χ1n) is 12.5. The monoisotopic (exact) mass is 593 g/mol. The summed E-state index contributed by atoms with van der Waals surface area (Å²) in [5.74, 6) is -4.03. The highest BCUT2D eigenvalue weighted by Gasteiger charge is 2.05. The lowest BCUT2D eigenvalue weighted by molar-refractivity contribution is 0.0679. The van der Waals surface area contributed by atoms with Crippen molar-refractivity contribution in [1.82, 2.24) is 24.9 Å². The first-order valence-corrected chi connectivity index (χ1v) is 12.5. The van der Waals surface area contributed by atoms with Crippen LogP contribution in [-0.4, -0.2) is 69.2 Å². The van der Waals surface area contributed by atoms with Crippen molar-refractivity contribution < 1.29 is 39.6 Å². The SMILES string of the molecule is O=C(O)c1cc2ccccc2cn1.O=C(O)c1ccc2ccccc2n1.O=C(O)c1ccccn1.O=C(O)c1cnccn1. The zero-order valence-corrected chi connectivity index (χ0v) is 22.6. The third-order valence-corrected chi connectivity index (χ3v) is 5.33. The van der Waals surface area contributed by atoms with Gasteiger partial charge in [-0.05, 0) is 35.7 Å². The molecule has 0 radical (unpaired) electrons. The summed E-state index contributed by atoms with van der Waals surface area (Å²) in [7, 11) is 0. The number of benzene rings is 2. The fourth-order valence-corrected chi connectivity index (χ4v) is 3.28. The molecule has 0 spiro atoms. The van der Waals surface area contributed by atoms with Crippen molar-refractivity contribution in [1.29, 1.82) is 0 Å². The van der Waals surface area contributed by atoms with Crippen molar-refractivity contribution in [2.24, 2.45) is 0 Å². The average molecular weight is 594 g/mol. The van der Waals surface area contributed by atoms with Crippen LogP contribution < -0.4 is 0 Å². The predicted octanol–water partition coefficient (Wildman–Crippen LogP) is 4.82. The molecule has 0 saturated carbocycles. The zero-order chi connectivity index (χ0) is 31.9. The van der Waals surface area contributed by atoms with E-state index in [-0.39, 0.29) is 22.8 Å². The Kier molecular flexibility index (Phi) is 11.6. The van der Waals surface area contributed by atoms with Crippen molar-refractivity contribution in [3.63, 3.8) is 0 Å². The van der Waals surface area contributed by atoms with Gasteiger partial charge in [0.2, 0.25) is 0 Å². The second-order valence-electron chi connectivity index (χ2n) is 8.33. The first kappa shape index (κ1) is 31.9. The van der Waals surface area contributed by atoms with Gasteiger partial charge in [-0.2, -0.15) is 0 Å². The Morgan fingerprint density at radius 2 is 1.05 bits per heavy atom. The number of hydrogen-bond donors (Lipinski definition) is 4. The molecule has 4 aromatic heterocycles. The molecule has 0 unspecified atom stereocenters. The number of aromatic nitrogens is 5. The molecule has 4 N–H and O–H groups in total. The van der Waals surface area contributed by atoms with E-state index in [0.717, 1.165) is 16.2 Å². The normalized spacial score (nSPS) is 9.64. The number of fused-ring (bicyclic) bond motifs is 2. The molecule has 220 valence electrons. The summed E-state index contributed by atoms with van der Waals surface area (Å²) in [6, 6.07) is 24.5. The highest BCUT2D eigenvalue weighted by molar-refractivity contribution is 5.92. The van der Waals surface area contributed by atoms with E-state index in [1.165, 1.54) is 36.9 Å². The second kappa shape index (κ2) is 16.0. The summed E-state index contributed by atoms with van der Waals surface area (Å²) < 4.78 is 0. The molecule has 0 atom stereocenters. The van der Waals surface area contributed by atoms with Gasteiger partial charge in [0.1, 0.15) is 17.1 Å². The van der Waals surface area contributed by atoms with Gasteiger partial charge < -0.3 is 20.4 Å². The lowest BCUT2D eigenvalue weighted by Gasteiger charge is -1.97. The fourth-order valence-electron chi connectivity index (χ4n) is 3.28. The van der Waals surface area contributed by atoms with E-state index in [4.69, 9.17) is 20.4 Å². The van der Waals surface area contributed by atoms with Crippen LogP contribution in [0.2, 0.25) is 0 Å². The topological polar surface area (TPSA) is 214 Å². The van der Waals surface area contributed by atoms with Crippen LogP contribution in [0.5, 0.6) is 0 Å². The number of pyridine rings is 3. The molecule has 13 nitrogen and oxygen atoms in total. The highest BCUT2D eigenvalue weighted by atomic mass is 16.4. The van der Waals surface area contributed by atoms with E-state index in [9.17, 15) is 19.2 Å². The van der Waals surface area contributed by atoms with Gasteiger partial charge in [-0.3, -0.25) is 4.98 Å². The average Bonchev–Trinajstić information content (AvgIpc) is 3.06. The number of para-hydroxylation sites is 1. The standard InChI is InChI=1S/2C10H7NO2.C6H5NO2.C5H4N2O2/c12-10(13)9-5-7-3-1-2-4-8(7)6-11-9;12-10(13)9-6-5-7-3-1-2-4-8(7)11-9;8-6(9)5-3-1-2-4-7-5;8-5(9)4-3-6-1-2-7-4/h2*1-6H,(H,12,13);1-4H,(H,8,9);1-3H,(H,8,9). The van der Waals surface area contributed by atoms with Crippen LogP contribution in [0.4, 0.5) is 0 Å². The molecule has 6 aromatic rings. The lowest BCUT2D eigenvalue weighted by Crippen LogP contribution is -1.99. The molecule has 4 heterocycles. The van der Waals surface area contributed by atoms with Gasteiger partial charge in [-0.1, -0.05) is 54.6 Å². The third-order valence-electron chi connectivity index (χ3n) is 5.33. The summed E-state index contributed by atoms with van der Waals surface area (Å²) in [6.45, 7) is 0. The number of hydrogen-bond acceptors (Lipinski definition) is 9. The van der Waals surface area contributed by atoms with Gasteiger partial charge >= 0.3 is 23.9 Å². The Bertz CT molecular complexity index is 1750. The Labute approximate surface area is 248 Å². The number of carboxylic acids is 4. The maximum Gasteiger partial charge on any atom is 0.356 e. The molecule has 0 amide bonds. The van der Waals surface area contributed by atoms with Crippen LogP contribution in [0.3, 0.4) is 0 Å². The number of rotatable bonds is 4. The lowest BCUT2D eigenvalue weighted by atomic mass is 10.1. The molecular formula is C31H23N5O8. The molecule has 2 aromatic carbocycles. The van der Waals surface area contributed by atoms with Gasteiger partial charge in [0.05, 0.1) is 11.7 Å². The molecule has 0 aliphatic carbocycles. The van der Waals surface area contributed by atoms with Crippen molar-refractivity contribution >= 4 is 45.6 Å². The molecule has 44 heavy (non-hydrogen) atoms. The number of carbonyl (C=O) groups is 4. The van der Waals surface area contributed by atoms with E-state index in [1.807, 2.05) is 42.5 Å². The largest absolute Gasteiger partial charge is 0.477 e. The molecule has 0 aliphatic rings. The van der Waals surface area contributed by atoms with E-state index in [0.29, 0.717) is 5.52 Å². The summed E-state index contributed by atoms with van der Waals surface area (Å²) in [4.78, 5) is 59.8. The van der Waals surface area contributed by atoms with Crippen molar-refractivity contribution in [2.45, 2.75) is 0 Å². The van der Waals surface area contributed by atoms with Crippen molar-refractivity contribution in [3.8, 4) is 0 Å². The Balaban J connectivity index is 0.000000163. The summed E-state index contributed by atoms with van der Waals surface area (Å²) in [6.07, 6.45) is 6.97. The Morgan fingerprint density at radius 1 is 0.455 bits per heavy atom. The maximum absolute atomic E-state index is 10.6. The molecule has 0 aliphatic heterocycles. The van der Waals surface area contributed by atoms with E-state index < -0.39 is 23.9 Å². The van der Waals surface area contributed by atoms with Crippen LogP contribution >= 0.6 is 0 Å². The van der Waals surface area contributed by atoms with E-state index >= 15 is 0 Å². The quantitative estimate of drug-likeness (QED) is 0.216. The summed E-state index contributed by atoms with van der Waals surface area (Å²) in [5.41, 5.74) is 0.926. The zero-order valence-electron chi connectivity index (χ0n) is 22.6. The maximum atomic E-state index is 10.6. The number of carboxylic acid groups (broad SMARTS) is 4. The van der Waals surface area contributed by atoms with Gasteiger partial charge in [0.25, 0.3) is 0 Å². The minimum absolute atomic E-state index is 0.0301. The van der Waals surface area contributed by atoms with Gasteiger partial charge in [0.15, 0.2) is 5.69 Å². The Morgan fingerprint density at radius 3 is 1.59 bits per heavy atom. The molecule has 13 heteroatoms. The number of aromatic carboxylic acids is 4. The smallest absolute Gasteiger partial charge is 0.356 e.